The maximum absolute atomic E-state index is 10.9. The summed E-state index contributed by atoms with van der Waals surface area (Å²) in [5.74, 6) is -0.218. The fourth-order valence-corrected chi connectivity index (χ4v) is 1.93. The fraction of sp³-hybridized carbons (Fsp3) is 0.857. The van der Waals surface area contributed by atoms with Gasteiger partial charge in [0.15, 0.2) is 0 Å². The maximum Gasteiger partial charge on any atom is 0.312 e. The zero-order chi connectivity index (χ0) is 7.52. The van der Waals surface area contributed by atoms with Crippen LogP contribution in [0.4, 0.5) is 0 Å². The highest BCUT2D eigenvalue weighted by Gasteiger charge is 2.71. The monoisotopic (exact) mass is 142 g/mol. The number of ether oxygens (including phenoxy) is 1. The van der Waals surface area contributed by atoms with Gasteiger partial charge in [-0.15, -0.1) is 0 Å². The number of hydrogen-bond acceptors (Lipinski definition) is 3. The lowest BCUT2D eigenvalue weighted by Gasteiger charge is -2.11. The molecule has 1 saturated carbocycles. The topological polar surface area (TPSA) is 46.5 Å². The lowest BCUT2D eigenvalue weighted by atomic mass is 10.1. The number of esters is 1. The van der Waals surface area contributed by atoms with Crippen LogP contribution in [0.15, 0.2) is 0 Å². The van der Waals surface area contributed by atoms with Gasteiger partial charge in [-0.1, -0.05) is 13.8 Å². The first-order valence-electron chi connectivity index (χ1n) is 3.43. The summed E-state index contributed by atoms with van der Waals surface area (Å²) in [4.78, 5) is 10.9. The zero-order valence-corrected chi connectivity index (χ0v) is 6.00. The van der Waals surface area contributed by atoms with Crippen LogP contribution in [0.3, 0.4) is 0 Å². The Bertz CT molecular complexity index is 197. The third-order valence-corrected chi connectivity index (χ3v) is 2.71. The van der Waals surface area contributed by atoms with Gasteiger partial charge in [0.2, 0.25) is 6.29 Å². The second-order valence-electron chi connectivity index (χ2n) is 3.65. The summed E-state index contributed by atoms with van der Waals surface area (Å²) in [7, 11) is 0. The van der Waals surface area contributed by atoms with Crippen molar-refractivity contribution in [2.45, 2.75) is 20.1 Å². The Kier molecular flexibility index (Phi) is 0.844. The van der Waals surface area contributed by atoms with E-state index in [2.05, 4.69) is 4.74 Å². The molecule has 0 aromatic carbocycles. The summed E-state index contributed by atoms with van der Waals surface area (Å²) in [6.07, 6.45) is -0.840. The number of aliphatic hydroxyl groups excluding tert-OH is 1. The van der Waals surface area contributed by atoms with Crippen LogP contribution >= 0.6 is 0 Å². The summed E-state index contributed by atoms with van der Waals surface area (Å²) >= 11 is 0. The van der Waals surface area contributed by atoms with Crippen LogP contribution in [0.2, 0.25) is 0 Å². The zero-order valence-electron chi connectivity index (χ0n) is 6.00. The van der Waals surface area contributed by atoms with Gasteiger partial charge in [0, 0.05) is 5.92 Å². The summed E-state index contributed by atoms with van der Waals surface area (Å²) in [5, 5.41) is 9.10. The van der Waals surface area contributed by atoms with Gasteiger partial charge in [-0.3, -0.25) is 4.79 Å². The molecule has 0 unspecified atom stereocenters. The Morgan fingerprint density at radius 3 is 2.40 bits per heavy atom. The van der Waals surface area contributed by atoms with Gasteiger partial charge in [-0.2, -0.15) is 0 Å². The Morgan fingerprint density at radius 1 is 1.60 bits per heavy atom. The molecule has 56 valence electrons. The van der Waals surface area contributed by atoms with E-state index in [1.165, 1.54) is 0 Å². The van der Waals surface area contributed by atoms with E-state index in [-0.39, 0.29) is 23.2 Å². The molecule has 1 aliphatic heterocycles. The number of rotatable bonds is 0. The minimum absolute atomic E-state index is 0.0191. The van der Waals surface area contributed by atoms with Crippen molar-refractivity contribution in [3.8, 4) is 0 Å². The quantitative estimate of drug-likeness (QED) is 0.489. The predicted molar refractivity (Wildman–Crippen MR) is 32.9 cm³/mol. The molecule has 2 fully saturated rings. The first kappa shape index (κ1) is 6.16. The lowest BCUT2D eigenvalue weighted by molar-refractivity contribution is -0.164. The van der Waals surface area contributed by atoms with E-state index in [0.29, 0.717) is 0 Å². The highest BCUT2D eigenvalue weighted by atomic mass is 16.6. The van der Waals surface area contributed by atoms with Crippen molar-refractivity contribution < 1.29 is 14.6 Å². The van der Waals surface area contributed by atoms with Gasteiger partial charge in [-0.05, 0) is 5.41 Å². The number of carbonyl (C=O) groups is 1. The number of cyclic esters (lactones) is 1. The molecule has 0 radical (unpaired) electrons. The van der Waals surface area contributed by atoms with Gasteiger partial charge in [0.25, 0.3) is 0 Å². The average molecular weight is 142 g/mol. The van der Waals surface area contributed by atoms with Gasteiger partial charge < -0.3 is 9.84 Å². The molecular formula is C7H10O3. The molecule has 3 nitrogen and oxygen atoms in total. The van der Waals surface area contributed by atoms with Crippen molar-refractivity contribution in [1.82, 2.24) is 0 Å². The minimum atomic E-state index is -0.840. The normalized spacial score (nSPS) is 48.3. The van der Waals surface area contributed by atoms with Crippen LogP contribution in [0.1, 0.15) is 13.8 Å². The van der Waals surface area contributed by atoms with Crippen LogP contribution < -0.4 is 0 Å². The molecule has 10 heavy (non-hydrogen) atoms. The average Bonchev–Trinajstić information content (AvgIpc) is 2.17. The van der Waals surface area contributed by atoms with E-state index >= 15 is 0 Å². The third kappa shape index (κ3) is 0.475. The number of hydrogen-bond donors (Lipinski definition) is 1. The maximum atomic E-state index is 10.9. The van der Waals surface area contributed by atoms with Crippen molar-refractivity contribution in [3.63, 3.8) is 0 Å². The number of aliphatic hydroxyl groups is 1. The Hall–Kier alpha value is -0.570. The third-order valence-electron chi connectivity index (χ3n) is 2.71. The molecule has 0 amide bonds. The second kappa shape index (κ2) is 1.37. The van der Waals surface area contributed by atoms with Crippen LogP contribution in [0, 0.1) is 17.3 Å². The van der Waals surface area contributed by atoms with Crippen LogP contribution in [-0.2, 0) is 9.53 Å². The molecule has 1 heterocycles. The molecule has 0 spiro atoms. The van der Waals surface area contributed by atoms with E-state index in [4.69, 9.17) is 5.11 Å². The SMILES string of the molecule is CC1(C)[C@H]2[C@H](O)OC(=O)[C@H]21. The smallest absolute Gasteiger partial charge is 0.312 e. The van der Waals surface area contributed by atoms with E-state index in [1.54, 1.807) is 0 Å². The highest BCUT2D eigenvalue weighted by molar-refractivity contribution is 5.80. The number of carbonyl (C=O) groups excluding carboxylic acids is 1. The van der Waals surface area contributed by atoms with Crippen molar-refractivity contribution in [2.24, 2.45) is 17.3 Å². The van der Waals surface area contributed by atoms with Crippen LogP contribution in [-0.4, -0.2) is 17.4 Å². The first-order chi connectivity index (χ1) is 4.55. The predicted octanol–water partition coefficient (Wildman–Crippen LogP) is 0.134. The molecule has 1 saturated heterocycles. The van der Waals surface area contributed by atoms with E-state index < -0.39 is 6.29 Å². The summed E-state index contributed by atoms with van der Waals surface area (Å²) in [6, 6.07) is 0. The standard InChI is InChI=1S/C7H10O3/c1-7(2)3-4(7)6(9)10-5(3)8/h3-5,8H,1-2H3/t3-,4+,5-/m1/s1. The molecule has 3 atom stereocenters. The Labute approximate surface area is 59.0 Å². The van der Waals surface area contributed by atoms with Crippen molar-refractivity contribution in [3.05, 3.63) is 0 Å². The van der Waals surface area contributed by atoms with Gasteiger partial charge in [-0.25, -0.2) is 0 Å². The second-order valence-corrected chi connectivity index (χ2v) is 3.65. The largest absolute Gasteiger partial charge is 0.435 e. The Morgan fingerprint density at radius 2 is 2.20 bits per heavy atom. The molecule has 0 aromatic rings. The molecule has 3 heteroatoms. The minimum Gasteiger partial charge on any atom is -0.435 e. The van der Waals surface area contributed by atoms with Gasteiger partial charge in [0.1, 0.15) is 0 Å². The number of fused-ring (bicyclic) bond motifs is 1. The van der Waals surface area contributed by atoms with Gasteiger partial charge >= 0.3 is 5.97 Å². The summed E-state index contributed by atoms with van der Waals surface area (Å²) in [6.45, 7) is 3.96. The van der Waals surface area contributed by atoms with Crippen LogP contribution in [0.5, 0.6) is 0 Å². The molecule has 1 N–H and O–H groups in total. The first-order valence-corrected chi connectivity index (χ1v) is 3.43. The van der Waals surface area contributed by atoms with E-state index in [9.17, 15) is 4.79 Å². The molecule has 2 aliphatic rings. The van der Waals surface area contributed by atoms with Crippen molar-refractivity contribution in [2.75, 3.05) is 0 Å². The summed E-state index contributed by atoms with van der Waals surface area (Å²) < 4.78 is 4.58. The highest BCUT2D eigenvalue weighted by Crippen LogP contribution is 2.63. The lowest BCUT2D eigenvalue weighted by Crippen LogP contribution is -2.18. The fourth-order valence-electron chi connectivity index (χ4n) is 1.93. The molecule has 1 aliphatic carbocycles. The van der Waals surface area contributed by atoms with Crippen LogP contribution in [0.25, 0.3) is 0 Å². The van der Waals surface area contributed by atoms with E-state index in [1.807, 2.05) is 13.8 Å². The molecule has 2 rings (SSSR count). The molecule has 0 aromatic heterocycles. The Balaban J connectivity index is 2.25. The van der Waals surface area contributed by atoms with Gasteiger partial charge in [0.05, 0.1) is 5.92 Å². The summed E-state index contributed by atoms with van der Waals surface area (Å²) in [5.41, 5.74) is -0.0191. The molecule has 0 bridgehead atoms. The molecular weight excluding hydrogens is 132 g/mol. The van der Waals surface area contributed by atoms with Crippen molar-refractivity contribution >= 4 is 5.97 Å². The van der Waals surface area contributed by atoms with Crippen molar-refractivity contribution in [1.29, 1.82) is 0 Å². The van der Waals surface area contributed by atoms with E-state index in [0.717, 1.165) is 0 Å².